The summed E-state index contributed by atoms with van der Waals surface area (Å²) >= 11 is 0. The number of carbonyl (C=O) groups excluding carboxylic acids is 1. The molecule has 0 aromatic rings. The lowest BCUT2D eigenvalue weighted by Gasteiger charge is -2.29. The van der Waals surface area contributed by atoms with Gasteiger partial charge in [-0.3, -0.25) is 4.79 Å². The van der Waals surface area contributed by atoms with Gasteiger partial charge in [-0.25, -0.2) is 0 Å². The molecule has 0 aromatic carbocycles. The quantitative estimate of drug-likeness (QED) is 0.770. The van der Waals surface area contributed by atoms with Crippen LogP contribution in [0.1, 0.15) is 47.0 Å². The monoisotopic (exact) mass is 270 g/mol. The number of amides is 1. The van der Waals surface area contributed by atoms with Crippen LogP contribution in [0.5, 0.6) is 0 Å². The maximum absolute atomic E-state index is 12.2. The van der Waals surface area contributed by atoms with Crippen LogP contribution in [-0.2, 0) is 9.53 Å². The second-order valence-electron chi connectivity index (χ2n) is 6.10. The van der Waals surface area contributed by atoms with Gasteiger partial charge in [0.15, 0.2) is 0 Å². The van der Waals surface area contributed by atoms with Gasteiger partial charge < -0.3 is 15.0 Å². The molecule has 0 radical (unpaired) electrons. The molecule has 0 aliphatic carbocycles. The van der Waals surface area contributed by atoms with E-state index >= 15 is 0 Å². The highest BCUT2D eigenvalue weighted by molar-refractivity contribution is 5.76. The van der Waals surface area contributed by atoms with E-state index in [1.54, 1.807) is 0 Å². The van der Waals surface area contributed by atoms with E-state index < -0.39 is 0 Å². The topological polar surface area (TPSA) is 41.6 Å². The second-order valence-corrected chi connectivity index (χ2v) is 6.10. The van der Waals surface area contributed by atoms with E-state index in [1.165, 1.54) is 0 Å². The average Bonchev–Trinajstić information content (AvgIpc) is 2.36. The number of hydrogen-bond donors (Lipinski definition) is 1. The smallest absolute Gasteiger partial charge is 0.225 e. The van der Waals surface area contributed by atoms with Gasteiger partial charge in [-0.05, 0) is 45.7 Å². The Balaban J connectivity index is 2.27. The van der Waals surface area contributed by atoms with Crippen LogP contribution < -0.4 is 5.32 Å². The van der Waals surface area contributed by atoms with Gasteiger partial charge in [-0.1, -0.05) is 13.8 Å². The fraction of sp³-hybridized carbons (Fsp3) is 0.933. The molecule has 1 rings (SSSR count). The Kier molecular flexibility index (Phi) is 7.39. The Morgan fingerprint density at radius 1 is 1.26 bits per heavy atom. The zero-order valence-corrected chi connectivity index (χ0v) is 12.9. The minimum Gasteiger partial charge on any atom is -0.378 e. The Labute approximate surface area is 117 Å². The van der Waals surface area contributed by atoms with E-state index in [-0.39, 0.29) is 11.9 Å². The zero-order chi connectivity index (χ0) is 14.3. The van der Waals surface area contributed by atoms with Crippen molar-refractivity contribution in [2.45, 2.75) is 59.1 Å². The molecule has 1 heterocycles. The van der Waals surface area contributed by atoms with Gasteiger partial charge in [-0.15, -0.1) is 0 Å². The first-order valence-corrected chi connectivity index (χ1v) is 7.62. The van der Waals surface area contributed by atoms with Crippen molar-refractivity contribution in [2.24, 2.45) is 5.92 Å². The standard InChI is InChI=1S/C15H30N2O2/c1-12(2)11-17(13(3)4)15(18)7-10-19-14-5-8-16-9-6-14/h12-14,16H,5-11H2,1-4H3. The molecule has 4 heteroatoms. The van der Waals surface area contributed by atoms with E-state index in [1.807, 2.05) is 4.90 Å². The van der Waals surface area contributed by atoms with Gasteiger partial charge in [0.1, 0.15) is 0 Å². The molecule has 0 aromatic heterocycles. The summed E-state index contributed by atoms with van der Waals surface area (Å²) in [5.41, 5.74) is 0. The minimum absolute atomic E-state index is 0.220. The molecule has 19 heavy (non-hydrogen) atoms. The number of carbonyl (C=O) groups is 1. The normalized spacial score (nSPS) is 17.2. The molecule has 0 atom stereocenters. The van der Waals surface area contributed by atoms with Gasteiger partial charge in [0.2, 0.25) is 5.91 Å². The number of rotatable bonds is 7. The molecule has 0 saturated carbocycles. The zero-order valence-electron chi connectivity index (χ0n) is 12.9. The summed E-state index contributed by atoms with van der Waals surface area (Å²) < 4.78 is 5.80. The maximum atomic E-state index is 12.2. The van der Waals surface area contributed by atoms with Crippen molar-refractivity contribution in [2.75, 3.05) is 26.2 Å². The minimum atomic E-state index is 0.220. The molecule has 112 valence electrons. The lowest BCUT2D eigenvalue weighted by Crippen LogP contribution is -2.40. The molecule has 4 nitrogen and oxygen atoms in total. The number of ether oxygens (including phenoxy) is 1. The van der Waals surface area contributed by atoms with Crippen molar-refractivity contribution in [1.82, 2.24) is 10.2 Å². The first kappa shape index (κ1) is 16.4. The van der Waals surface area contributed by atoms with Crippen molar-refractivity contribution in [3.05, 3.63) is 0 Å². The lowest BCUT2D eigenvalue weighted by molar-refractivity contribution is -0.135. The molecule has 1 fully saturated rings. The van der Waals surface area contributed by atoms with Crippen LogP contribution in [0.2, 0.25) is 0 Å². The van der Waals surface area contributed by atoms with E-state index in [4.69, 9.17) is 4.74 Å². The predicted molar refractivity (Wildman–Crippen MR) is 78.1 cm³/mol. The summed E-state index contributed by atoms with van der Waals surface area (Å²) in [4.78, 5) is 14.2. The van der Waals surface area contributed by atoms with Crippen LogP contribution in [0.25, 0.3) is 0 Å². The van der Waals surface area contributed by atoms with Crippen LogP contribution in [0.4, 0.5) is 0 Å². The maximum Gasteiger partial charge on any atom is 0.225 e. The highest BCUT2D eigenvalue weighted by atomic mass is 16.5. The molecular formula is C15H30N2O2. The highest BCUT2D eigenvalue weighted by Gasteiger charge is 2.19. The van der Waals surface area contributed by atoms with Crippen molar-refractivity contribution in [1.29, 1.82) is 0 Å². The van der Waals surface area contributed by atoms with Crippen LogP contribution in [0.3, 0.4) is 0 Å². The second kappa shape index (κ2) is 8.54. The Morgan fingerprint density at radius 3 is 2.42 bits per heavy atom. The summed E-state index contributed by atoms with van der Waals surface area (Å²) in [5.74, 6) is 0.731. The molecule has 1 aliphatic rings. The Bertz CT molecular complexity index is 261. The van der Waals surface area contributed by atoms with Crippen LogP contribution in [0.15, 0.2) is 0 Å². The van der Waals surface area contributed by atoms with Crippen LogP contribution in [0, 0.1) is 5.92 Å². The first-order valence-electron chi connectivity index (χ1n) is 7.62. The predicted octanol–water partition coefficient (Wildman–Crippen LogP) is 2.04. The third-order valence-corrected chi connectivity index (χ3v) is 3.46. The fourth-order valence-corrected chi connectivity index (χ4v) is 2.41. The molecule has 1 saturated heterocycles. The molecule has 0 bridgehead atoms. The fourth-order valence-electron chi connectivity index (χ4n) is 2.41. The average molecular weight is 270 g/mol. The molecule has 0 spiro atoms. The number of nitrogens with one attached hydrogen (secondary N) is 1. The summed E-state index contributed by atoms with van der Waals surface area (Å²) in [6, 6.07) is 0.272. The summed E-state index contributed by atoms with van der Waals surface area (Å²) in [6.07, 6.45) is 2.98. The molecule has 1 N–H and O–H groups in total. The number of piperidine rings is 1. The summed E-state index contributed by atoms with van der Waals surface area (Å²) in [7, 11) is 0. The van der Waals surface area contributed by atoms with E-state index in [9.17, 15) is 4.79 Å². The Morgan fingerprint density at radius 2 is 1.89 bits per heavy atom. The third-order valence-electron chi connectivity index (χ3n) is 3.46. The van der Waals surface area contributed by atoms with Gasteiger partial charge in [-0.2, -0.15) is 0 Å². The molecule has 1 aliphatic heterocycles. The third kappa shape index (κ3) is 6.39. The van der Waals surface area contributed by atoms with Crippen molar-refractivity contribution in [3.8, 4) is 0 Å². The van der Waals surface area contributed by atoms with Crippen molar-refractivity contribution in [3.63, 3.8) is 0 Å². The lowest BCUT2D eigenvalue weighted by atomic mass is 10.1. The van der Waals surface area contributed by atoms with E-state index in [2.05, 4.69) is 33.0 Å². The van der Waals surface area contributed by atoms with E-state index in [0.29, 0.717) is 25.0 Å². The number of hydrogen-bond acceptors (Lipinski definition) is 3. The van der Waals surface area contributed by atoms with Gasteiger partial charge in [0, 0.05) is 12.6 Å². The summed E-state index contributed by atoms with van der Waals surface area (Å²) in [6.45, 7) is 11.9. The number of nitrogens with zero attached hydrogens (tertiary/aromatic N) is 1. The Hall–Kier alpha value is -0.610. The van der Waals surface area contributed by atoms with Crippen molar-refractivity contribution >= 4 is 5.91 Å². The van der Waals surface area contributed by atoms with Gasteiger partial charge in [0.05, 0.1) is 19.1 Å². The van der Waals surface area contributed by atoms with Gasteiger partial charge >= 0.3 is 0 Å². The van der Waals surface area contributed by atoms with Crippen LogP contribution >= 0.6 is 0 Å². The molecule has 1 amide bonds. The van der Waals surface area contributed by atoms with Crippen LogP contribution in [-0.4, -0.2) is 49.2 Å². The highest BCUT2D eigenvalue weighted by Crippen LogP contribution is 2.10. The molecular weight excluding hydrogens is 240 g/mol. The SMILES string of the molecule is CC(C)CN(C(=O)CCOC1CCNCC1)C(C)C. The van der Waals surface area contributed by atoms with E-state index in [0.717, 1.165) is 32.5 Å². The molecule has 0 unspecified atom stereocenters. The van der Waals surface area contributed by atoms with Crippen molar-refractivity contribution < 1.29 is 9.53 Å². The summed E-state index contributed by atoms with van der Waals surface area (Å²) in [5, 5.41) is 3.31. The largest absolute Gasteiger partial charge is 0.378 e. The first-order chi connectivity index (χ1) is 9.00. The van der Waals surface area contributed by atoms with Gasteiger partial charge in [0.25, 0.3) is 0 Å².